The molecule has 0 spiro atoms. The van der Waals surface area contributed by atoms with Crippen molar-refractivity contribution in [1.82, 2.24) is 4.98 Å². The standard InChI is InChI=1S/C26H22F3N3O2/c27-26(28,29)22-4-1-11-30-25(22)18-9-7-17(8-10-18)19-14-20(31-12-2-5-23(31)33)16-21(15-19)32-13-3-6-24(32)34/h1,4,7-11,14-16H,2-3,5-6,12-13H2. The third kappa shape index (κ3) is 4.16. The average molecular weight is 465 g/mol. The van der Waals surface area contributed by atoms with Gasteiger partial charge < -0.3 is 9.80 Å². The molecule has 2 fully saturated rings. The van der Waals surface area contributed by atoms with Gasteiger partial charge in [-0.05, 0) is 54.3 Å². The van der Waals surface area contributed by atoms with Gasteiger partial charge >= 0.3 is 6.18 Å². The molecule has 1 aromatic heterocycles. The molecular weight excluding hydrogens is 443 g/mol. The second kappa shape index (κ2) is 8.59. The first-order chi connectivity index (χ1) is 16.3. The Kier molecular flexibility index (Phi) is 5.59. The van der Waals surface area contributed by atoms with Gasteiger partial charge in [-0.25, -0.2) is 0 Å². The zero-order valence-corrected chi connectivity index (χ0v) is 18.3. The summed E-state index contributed by atoms with van der Waals surface area (Å²) in [5.74, 6) is 0.0852. The zero-order valence-electron chi connectivity index (χ0n) is 18.3. The van der Waals surface area contributed by atoms with E-state index in [1.54, 1.807) is 34.1 Å². The first-order valence-electron chi connectivity index (χ1n) is 11.2. The van der Waals surface area contributed by atoms with Crippen LogP contribution >= 0.6 is 0 Å². The molecule has 34 heavy (non-hydrogen) atoms. The van der Waals surface area contributed by atoms with Crippen molar-refractivity contribution in [3.8, 4) is 22.4 Å². The zero-order chi connectivity index (χ0) is 23.9. The lowest BCUT2D eigenvalue weighted by atomic mass is 9.99. The molecule has 5 rings (SSSR count). The van der Waals surface area contributed by atoms with Crippen LogP contribution in [0.25, 0.3) is 22.4 Å². The Hall–Kier alpha value is -3.68. The molecule has 0 aliphatic carbocycles. The molecule has 0 bridgehead atoms. The molecule has 2 saturated heterocycles. The van der Waals surface area contributed by atoms with Crippen LogP contribution < -0.4 is 9.80 Å². The largest absolute Gasteiger partial charge is 0.418 e. The first kappa shape index (κ1) is 22.1. The molecule has 2 amide bonds. The Morgan fingerprint density at radius 1 is 0.735 bits per heavy atom. The van der Waals surface area contributed by atoms with E-state index >= 15 is 0 Å². The summed E-state index contributed by atoms with van der Waals surface area (Å²) in [5.41, 5.74) is 2.46. The Labute approximate surface area is 194 Å². The van der Waals surface area contributed by atoms with Crippen molar-refractivity contribution in [2.45, 2.75) is 31.9 Å². The summed E-state index contributed by atoms with van der Waals surface area (Å²) < 4.78 is 40.3. The van der Waals surface area contributed by atoms with Crippen molar-refractivity contribution in [3.63, 3.8) is 0 Å². The number of rotatable bonds is 4. The lowest BCUT2D eigenvalue weighted by Crippen LogP contribution is -2.26. The maximum atomic E-state index is 13.4. The number of carbonyl (C=O) groups is 2. The summed E-state index contributed by atoms with van der Waals surface area (Å²) in [7, 11) is 0. The molecule has 2 aliphatic rings. The molecular formula is C26H22F3N3O2. The van der Waals surface area contributed by atoms with Crippen LogP contribution in [0, 0.1) is 0 Å². The van der Waals surface area contributed by atoms with Gasteiger partial charge in [0.15, 0.2) is 0 Å². The number of benzene rings is 2. The van der Waals surface area contributed by atoms with Crippen molar-refractivity contribution in [2.75, 3.05) is 22.9 Å². The van der Waals surface area contributed by atoms with Crippen molar-refractivity contribution in [2.24, 2.45) is 0 Å². The maximum absolute atomic E-state index is 13.4. The predicted molar refractivity (Wildman–Crippen MR) is 123 cm³/mol. The van der Waals surface area contributed by atoms with E-state index in [0.29, 0.717) is 31.5 Å². The van der Waals surface area contributed by atoms with Gasteiger partial charge in [0.1, 0.15) is 0 Å². The minimum atomic E-state index is -4.50. The highest BCUT2D eigenvalue weighted by atomic mass is 19.4. The van der Waals surface area contributed by atoms with Crippen LogP contribution in [0.15, 0.2) is 60.8 Å². The highest BCUT2D eigenvalue weighted by Gasteiger charge is 2.34. The minimum Gasteiger partial charge on any atom is -0.312 e. The van der Waals surface area contributed by atoms with Gasteiger partial charge in [-0.15, -0.1) is 0 Å². The van der Waals surface area contributed by atoms with Crippen LogP contribution in [0.1, 0.15) is 31.2 Å². The summed E-state index contributed by atoms with van der Waals surface area (Å²) in [6.45, 7) is 1.24. The fourth-order valence-electron chi connectivity index (χ4n) is 4.60. The molecule has 5 nitrogen and oxygen atoms in total. The number of aromatic nitrogens is 1. The monoisotopic (exact) mass is 465 g/mol. The van der Waals surface area contributed by atoms with Crippen LogP contribution in [0.4, 0.5) is 24.5 Å². The number of alkyl halides is 3. The Morgan fingerprint density at radius 2 is 1.29 bits per heavy atom. The summed E-state index contributed by atoms with van der Waals surface area (Å²) in [4.78, 5) is 32.2. The van der Waals surface area contributed by atoms with Gasteiger partial charge in [0, 0.05) is 49.1 Å². The van der Waals surface area contributed by atoms with Gasteiger partial charge in [0.25, 0.3) is 0 Å². The Balaban J connectivity index is 1.55. The Bertz CT molecular complexity index is 1210. The van der Waals surface area contributed by atoms with Gasteiger partial charge in [0.2, 0.25) is 11.8 Å². The first-order valence-corrected chi connectivity index (χ1v) is 11.2. The molecule has 174 valence electrons. The highest BCUT2D eigenvalue weighted by molar-refractivity contribution is 6.00. The number of carbonyl (C=O) groups excluding carboxylic acids is 2. The lowest BCUT2D eigenvalue weighted by molar-refractivity contribution is -0.137. The van der Waals surface area contributed by atoms with Crippen LogP contribution in [-0.4, -0.2) is 29.9 Å². The molecule has 0 N–H and O–H groups in total. The number of hydrogen-bond acceptors (Lipinski definition) is 3. The van der Waals surface area contributed by atoms with Gasteiger partial charge in [-0.3, -0.25) is 14.6 Å². The number of nitrogens with zero attached hydrogens (tertiary/aromatic N) is 3. The third-order valence-corrected chi connectivity index (χ3v) is 6.28. The van der Waals surface area contributed by atoms with Gasteiger partial charge in [-0.2, -0.15) is 13.2 Å². The molecule has 3 aromatic rings. The summed E-state index contributed by atoms with van der Waals surface area (Å²) in [6.07, 6.45) is -0.627. The third-order valence-electron chi connectivity index (χ3n) is 6.28. The number of hydrogen-bond donors (Lipinski definition) is 0. The van der Waals surface area contributed by atoms with Crippen molar-refractivity contribution >= 4 is 23.2 Å². The molecule has 2 aliphatic heterocycles. The van der Waals surface area contributed by atoms with E-state index in [4.69, 9.17) is 0 Å². The second-order valence-corrected chi connectivity index (χ2v) is 8.51. The SMILES string of the molecule is O=C1CCCN1c1cc(-c2ccc(-c3ncccc3C(F)(F)F)cc2)cc(N2CCCC2=O)c1. The molecule has 2 aromatic carbocycles. The van der Waals surface area contributed by atoms with Gasteiger partial charge in [0.05, 0.1) is 11.3 Å². The Morgan fingerprint density at radius 3 is 1.79 bits per heavy atom. The molecule has 0 atom stereocenters. The van der Waals surface area contributed by atoms with Crippen LogP contribution in [0.2, 0.25) is 0 Å². The average Bonchev–Trinajstić information content (AvgIpc) is 3.46. The molecule has 8 heteroatoms. The fraction of sp³-hybridized carbons (Fsp3) is 0.269. The van der Waals surface area contributed by atoms with Crippen LogP contribution in [0.3, 0.4) is 0 Å². The smallest absolute Gasteiger partial charge is 0.312 e. The summed E-state index contributed by atoms with van der Waals surface area (Å²) >= 11 is 0. The highest BCUT2D eigenvalue weighted by Crippen LogP contribution is 2.38. The van der Waals surface area contributed by atoms with Crippen molar-refractivity contribution in [3.05, 3.63) is 66.4 Å². The number of amides is 2. The van der Waals surface area contributed by atoms with Crippen LogP contribution in [-0.2, 0) is 15.8 Å². The van der Waals surface area contributed by atoms with E-state index in [-0.39, 0.29) is 17.5 Å². The molecule has 0 radical (unpaired) electrons. The molecule has 0 saturated carbocycles. The molecule has 3 heterocycles. The number of pyridine rings is 1. The van der Waals surface area contributed by atoms with Crippen molar-refractivity contribution < 1.29 is 22.8 Å². The minimum absolute atomic E-state index is 0.0426. The predicted octanol–water partition coefficient (Wildman–Crippen LogP) is 5.69. The lowest BCUT2D eigenvalue weighted by Gasteiger charge is -2.22. The molecule has 0 unspecified atom stereocenters. The summed E-state index contributed by atoms with van der Waals surface area (Å²) in [6, 6.07) is 14.7. The van der Waals surface area contributed by atoms with Crippen molar-refractivity contribution in [1.29, 1.82) is 0 Å². The fourth-order valence-corrected chi connectivity index (χ4v) is 4.60. The normalized spacial score (nSPS) is 16.6. The van der Waals surface area contributed by atoms with Crippen LogP contribution in [0.5, 0.6) is 0 Å². The topological polar surface area (TPSA) is 53.5 Å². The number of halogens is 3. The van der Waals surface area contributed by atoms with E-state index in [2.05, 4.69) is 4.98 Å². The second-order valence-electron chi connectivity index (χ2n) is 8.51. The maximum Gasteiger partial charge on any atom is 0.418 e. The van der Waals surface area contributed by atoms with E-state index in [0.717, 1.165) is 41.4 Å². The van der Waals surface area contributed by atoms with E-state index in [1.165, 1.54) is 12.3 Å². The quantitative estimate of drug-likeness (QED) is 0.498. The number of anilines is 2. The van der Waals surface area contributed by atoms with E-state index in [1.807, 2.05) is 18.2 Å². The van der Waals surface area contributed by atoms with E-state index in [9.17, 15) is 22.8 Å². The van der Waals surface area contributed by atoms with E-state index < -0.39 is 11.7 Å². The summed E-state index contributed by atoms with van der Waals surface area (Å²) in [5, 5.41) is 0. The van der Waals surface area contributed by atoms with Gasteiger partial charge in [-0.1, -0.05) is 24.3 Å².